The topological polar surface area (TPSA) is 133 Å². The molecule has 210 valence electrons. The Labute approximate surface area is 232 Å². The monoisotopic (exact) mass is 546 g/mol. The number of rotatable bonds is 5. The van der Waals surface area contributed by atoms with E-state index >= 15 is 0 Å². The number of aryl methyl sites for hydroxylation is 1. The second-order valence-electron chi connectivity index (χ2n) is 11.5. The molecule has 5 rings (SSSR count). The molecule has 1 saturated heterocycles. The van der Waals surface area contributed by atoms with Crippen LogP contribution in [-0.4, -0.2) is 61.6 Å². The molecule has 1 atom stereocenters. The molecule has 0 radical (unpaired) electrons. The number of amides is 2. The summed E-state index contributed by atoms with van der Waals surface area (Å²) in [5.41, 5.74) is 2.41. The fraction of sp³-hybridized carbons (Fsp3) is 0.483. The smallest absolute Gasteiger partial charge is 0.420 e. The molecule has 1 aliphatic heterocycles. The maximum absolute atomic E-state index is 13.8. The lowest BCUT2D eigenvalue weighted by Gasteiger charge is -2.31. The number of aromatic nitrogens is 3. The first-order chi connectivity index (χ1) is 19.0. The third-order valence-electron chi connectivity index (χ3n) is 7.19. The van der Waals surface area contributed by atoms with Crippen LogP contribution in [0.1, 0.15) is 75.5 Å². The fourth-order valence-electron chi connectivity index (χ4n) is 5.14. The molecular weight excluding hydrogens is 512 g/mol. The molecular formula is C29H34N6O5. The lowest BCUT2D eigenvalue weighted by atomic mass is 9.81. The molecule has 0 bridgehead atoms. The SMILES string of the molecule is Cc1cc(C#N)cc(N(C(=O)OC(C)(C)C)c2cc(O[C@H]3CCCN(C(=O)O)C3)nc3c(C4CCC4)cnn23)c1. The molecule has 40 heavy (non-hydrogen) atoms. The van der Waals surface area contributed by atoms with E-state index in [0.717, 1.165) is 30.4 Å². The Morgan fingerprint density at radius 1 is 1.15 bits per heavy atom. The molecule has 1 aliphatic carbocycles. The highest BCUT2D eigenvalue weighted by molar-refractivity contribution is 5.96. The third-order valence-corrected chi connectivity index (χ3v) is 7.19. The van der Waals surface area contributed by atoms with Gasteiger partial charge in [0.25, 0.3) is 0 Å². The Bertz CT molecular complexity index is 1480. The fourth-order valence-corrected chi connectivity index (χ4v) is 5.14. The summed E-state index contributed by atoms with van der Waals surface area (Å²) in [6.07, 6.45) is 4.31. The van der Waals surface area contributed by atoms with Crippen LogP contribution in [0, 0.1) is 18.3 Å². The van der Waals surface area contributed by atoms with Crippen molar-refractivity contribution in [3.63, 3.8) is 0 Å². The largest absolute Gasteiger partial charge is 0.472 e. The highest BCUT2D eigenvalue weighted by Crippen LogP contribution is 2.40. The number of hydrogen-bond donors (Lipinski definition) is 1. The Hall–Kier alpha value is -4.33. The number of fused-ring (bicyclic) bond motifs is 1. The zero-order chi connectivity index (χ0) is 28.6. The van der Waals surface area contributed by atoms with Crippen molar-refractivity contribution in [2.75, 3.05) is 18.0 Å². The standard InChI is InChI=1S/C29H34N6O5/c1-18-11-19(15-30)13-21(12-18)34(28(38)40-29(2,3)4)25-14-24(39-22-9-6-10-33(17-22)27(36)37)32-26-23(16-31-35(25)26)20-7-5-8-20/h11-14,16,20,22H,5-10,17H2,1-4H3,(H,36,37)/t22-/m0/s1. The molecule has 1 saturated carbocycles. The number of nitrogens with zero attached hydrogens (tertiary/aromatic N) is 6. The van der Waals surface area contributed by atoms with Crippen molar-refractivity contribution in [1.29, 1.82) is 5.26 Å². The van der Waals surface area contributed by atoms with Crippen LogP contribution < -0.4 is 9.64 Å². The number of nitriles is 1. The van der Waals surface area contributed by atoms with E-state index in [-0.39, 0.29) is 18.5 Å². The van der Waals surface area contributed by atoms with E-state index in [4.69, 9.17) is 14.5 Å². The van der Waals surface area contributed by atoms with Crippen molar-refractivity contribution in [3.8, 4) is 11.9 Å². The van der Waals surface area contributed by atoms with Crippen LogP contribution in [0.15, 0.2) is 30.5 Å². The Morgan fingerprint density at radius 2 is 1.93 bits per heavy atom. The van der Waals surface area contributed by atoms with Crippen molar-refractivity contribution in [2.45, 2.75) is 77.4 Å². The summed E-state index contributed by atoms with van der Waals surface area (Å²) in [5.74, 6) is 0.923. The summed E-state index contributed by atoms with van der Waals surface area (Å²) in [4.78, 5) is 32.9. The first kappa shape index (κ1) is 27.2. The van der Waals surface area contributed by atoms with E-state index in [1.165, 1.54) is 9.80 Å². The van der Waals surface area contributed by atoms with Gasteiger partial charge < -0.3 is 19.5 Å². The first-order valence-corrected chi connectivity index (χ1v) is 13.6. The van der Waals surface area contributed by atoms with Crippen LogP contribution in [0.25, 0.3) is 5.65 Å². The van der Waals surface area contributed by atoms with Crippen LogP contribution in [0.5, 0.6) is 5.88 Å². The van der Waals surface area contributed by atoms with Crippen molar-refractivity contribution in [1.82, 2.24) is 19.5 Å². The molecule has 1 N–H and O–H groups in total. The number of likely N-dealkylation sites (tertiary alicyclic amines) is 1. The number of carbonyl (C=O) groups is 2. The van der Waals surface area contributed by atoms with Gasteiger partial charge in [0.05, 0.1) is 30.1 Å². The number of benzene rings is 1. The van der Waals surface area contributed by atoms with Crippen LogP contribution in [0.2, 0.25) is 0 Å². The Morgan fingerprint density at radius 3 is 2.58 bits per heavy atom. The van der Waals surface area contributed by atoms with Gasteiger partial charge in [0.1, 0.15) is 11.7 Å². The minimum absolute atomic E-state index is 0.228. The molecule has 2 fully saturated rings. The van der Waals surface area contributed by atoms with Gasteiger partial charge in [0, 0.05) is 18.2 Å². The molecule has 2 amide bonds. The van der Waals surface area contributed by atoms with E-state index in [2.05, 4.69) is 11.2 Å². The molecule has 1 aromatic carbocycles. The Kier molecular flexibility index (Phi) is 7.27. The molecule has 2 aromatic heterocycles. The van der Waals surface area contributed by atoms with E-state index in [0.29, 0.717) is 48.0 Å². The van der Waals surface area contributed by atoms with Crippen LogP contribution in [0.3, 0.4) is 0 Å². The van der Waals surface area contributed by atoms with E-state index in [1.807, 2.05) is 6.92 Å². The molecule has 2 aliphatic rings. The lowest BCUT2D eigenvalue weighted by molar-refractivity contribution is 0.0596. The maximum atomic E-state index is 13.8. The Balaban J connectivity index is 1.65. The predicted molar refractivity (Wildman–Crippen MR) is 147 cm³/mol. The van der Waals surface area contributed by atoms with Crippen LogP contribution in [0.4, 0.5) is 21.1 Å². The predicted octanol–water partition coefficient (Wildman–Crippen LogP) is 5.77. The number of anilines is 2. The highest BCUT2D eigenvalue weighted by Gasteiger charge is 2.32. The molecule has 0 unspecified atom stereocenters. The minimum atomic E-state index is -0.982. The average molecular weight is 547 g/mol. The normalized spacial score (nSPS) is 17.7. The number of carbonyl (C=O) groups excluding carboxylic acids is 1. The molecule has 11 heteroatoms. The second-order valence-corrected chi connectivity index (χ2v) is 11.5. The summed E-state index contributed by atoms with van der Waals surface area (Å²) in [6.45, 7) is 7.91. The molecule has 3 aromatic rings. The molecule has 3 heterocycles. The van der Waals surface area contributed by atoms with E-state index in [9.17, 15) is 20.0 Å². The minimum Gasteiger partial charge on any atom is -0.472 e. The number of ether oxygens (including phenoxy) is 2. The number of carboxylic acid groups (broad SMARTS) is 1. The second kappa shape index (κ2) is 10.7. The van der Waals surface area contributed by atoms with Crippen molar-refractivity contribution >= 4 is 29.3 Å². The van der Waals surface area contributed by atoms with Gasteiger partial charge in [-0.1, -0.05) is 6.42 Å². The third kappa shape index (κ3) is 5.66. The zero-order valence-corrected chi connectivity index (χ0v) is 23.3. The number of hydrogen-bond acceptors (Lipinski definition) is 7. The summed E-state index contributed by atoms with van der Waals surface area (Å²) in [6, 6.07) is 8.97. The maximum Gasteiger partial charge on any atom is 0.420 e. The molecule has 0 spiro atoms. The van der Waals surface area contributed by atoms with Crippen molar-refractivity contribution < 1.29 is 24.2 Å². The van der Waals surface area contributed by atoms with Crippen LogP contribution >= 0.6 is 0 Å². The highest BCUT2D eigenvalue weighted by atomic mass is 16.6. The lowest BCUT2D eigenvalue weighted by Crippen LogP contribution is -2.43. The van der Waals surface area contributed by atoms with Gasteiger partial charge in [-0.15, -0.1) is 0 Å². The summed E-state index contributed by atoms with van der Waals surface area (Å²) < 4.78 is 13.7. The van der Waals surface area contributed by atoms with Gasteiger partial charge in [-0.05, 0) is 83.1 Å². The van der Waals surface area contributed by atoms with Crippen molar-refractivity contribution in [3.05, 3.63) is 47.2 Å². The molecule has 11 nitrogen and oxygen atoms in total. The summed E-state index contributed by atoms with van der Waals surface area (Å²) in [7, 11) is 0. The average Bonchev–Trinajstić information content (AvgIpc) is 3.25. The van der Waals surface area contributed by atoms with E-state index in [1.54, 1.807) is 55.7 Å². The zero-order valence-electron chi connectivity index (χ0n) is 23.3. The van der Waals surface area contributed by atoms with Crippen molar-refractivity contribution in [2.24, 2.45) is 0 Å². The van der Waals surface area contributed by atoms with E-state index < -0.39 is 17.8 Å². The number of piperidine rings is 1. The van der Waals surface area contributed by atoms with Gasteiger partial charge in [-0.3, -0.25) is 0 Å². The van der Waals surface area contributed by atoms with Crippen LogP contribution in [-0.2, 0) is 4.74 Å². The summed E-state index contributed by atoms with van der Waals surface area (Å²) in [5, 5.41) is 23.8. The van der Waals surface area contributed by atoms with Gasteiger partial charge in [0.15, 0.2) is 11.5 Å². The first-order valence-electron chi connectivity index (χ1n) is 13.6. The quantitative estimate of drug-likeness (QED) is 0.426. The van der Waals surface area contributed by atoms with Gasteiger partial charge in [-0.25, -0.2) is 14.5 Å². The summed E-state index contributed by atoms with van der Waals surface area (Å²) >= 11 is 0. The van der Waals surface area contributed by atoms with Gasteiger partial charge >= 0.3 is 12.2 Å². The van der Waals surface area contributed by atoms with Gasteiger partial charge in [-0.2, -0.15) is 19.9 Å². The van der Waals surface area contributed by atoms with Gasteiger partial charge in [0.2, 0.25) is 5.88 Å².